The van der Waals surface area contributed by atoms with E-state index in [4.69, 9.17) is 4.74 Å². The number of hydrogen-bond acceptors (Lipinski definition) is 4. The highest BCUT2D eigenvalue weighted by molar-refractivity contribution is 5.70. The van der Waals surface area contributed by atoms with E-state index in [0.717, 1.165) is 37.1 Å². The summed E-state index contributed by atoms with van der Waals surface area (Å²) >= 11 is 0. The van der Waals surface area contributed by atoms with Gasteiger partial charge in [0.05, 0.1) is 5.56 Å². The third-order valence-electron chi connectivity index (χ3n) is 4.55. The predicted octanol–water partition coefficient (Wildman–Crippen LogP) is 4.16. The maximum atomic E-state index is 13.3. The number of nitrogens with zero attached hydrogens (tertiary/aromatic N) is 2. The molecule has 1 amide bonds. The minimum atomic E-state index is -4.52. The zero-order valence-corrected chi connectivity index (χ0v) is 14.8. The number of alkyl halides is 3. The first-order valence-electron chi connectivity index (χ1n) is 8.61. The van der Waals surface area contributed by atoms with Gasteiger partial charge in [-0.1, -0.05) is 0 Å². The van der Waals surface area contributed by atoms with Crippen molar-refractivity contribution in [3.63, 3.8) is 0 Å². The van der Waals surface area contributed by atoms with Crippen LogP contribution in [0, 0.1) is 0 Å². The first-order valence-corrected chi connectivity index (χ1v) is 8.61. The number of pyridine rings is 1. The van der Waals surface area contributed by atoms with Crippen LogP contribution in [0.3, 0.4) is 0 Å². The zero-order chi connectivity index (χ0) is 19.4. The Labute approximate surface area is 155 Å². The number of benzene rings is 1. The van der Waals surface area contributed by atoms with Crippen molar-refractivity contribution in [1.29, 1.82) is 0 Å². The maximum absolute atomic E-state index is 13.3. The average Bonchev–Trinajstić information content (AvgIpc) is 3.09. The van der Waals surface area contributed by atoms with Crippen LogP contribution in [-0.2, 0) is 12.7 Å². The average molecular weight is 379 g/mol. The summed E-state index contributed by atoms with van der Waals surface area (Å²) < 4.78 is 44.9. The Morgan fingerprint density at radius 2 is 2.04 bits per heavy atom. The van der Waals surface area contributed by atoms with Crippen LogP contribution in [0.4, 0.5) is 18.0 Å². The smallest absolute Gasteiger partial charge is 0.410 e. The molecule has 1 unspecified atom stereocenters. The molecular weight excluding hydrogens is 359 g/mol. The van der Waals surface area contributed by atoms with Gasteiger partial charge in [-0.3, -0.25) is 9.88 Å². The molecule has 0 radical (unpaired) electrons. The minimum Gasteiger partial charge on any atom is -0.410 e. The normalized spacial score (nSPS) is 17.7. The van der Waals surface area contributed by atoms with Crippen LogP contribution >= 0.6 is 0 Å². The molecule has 0 aliphatic carbocycles. The van der Waals surface area contributed by atoms with Crippen molar-refractivity contribution in [1.82, 2.24) is 15.2 Å². The number of amides is 1. The summed E-state index contributed by atoms with van der Waals surface area (Å²) in [6.07, 6.45) is -0.310. The van der Waals surface area contributed by atoms with Gasteiger partial charge in [-0.15, -0.1) is 0 Å². The molecule has 1 atom stereocenters. The van der Waals surface area contributed by atoms with E-state index in [2.05, 4.69) is 15.2 Å². The number of aromatic nitrogens is 1. The SMILES string of the molecule is CNC(=O)Oc1cc(C2CCCN2Cc2ccncc2)cc(C(F)(F)F)c1. The molecule has 1 N–H and O–H groups in total. The first kappa shape index (κ1) is 19.2. The van der Waals surface area contributed by atoms with E-state index < -0.39 is 17.8 Å². The van der Waals surface area contributed by atoms with Gasteiger partial charge < -0.3 is 10.1 Å². The number of nitrogens with one attached hydrogen (secondary N) is 1. The largest absolute Gasteiger partial charge is 0.416 e. The van der Waals surface area contributed by atoms with Crippen LogP contribution in [-0.4, -0.2) is 29.6 Å². The van der Waals surface area contributed by atoms with Crippen molar-refractivity contribution in [2.45, 2.75) is 31.6 Å². The van der Waals surface area contributed by atoms with Crippen LogP contribution in [0.25, 0.3) is 0 Å². The molecule has 8 heteroatoms. The molecule has 2 heterocycles. The van der Waals surface area contributed by atoms with Gasteiger partial charge in [-0.25, -0.2) is 4.79 Å². The summed E-state index contributed by atoms with van der Waals surface area (Å²) in [5.74, 6) is -0.116. The maximum Gasteiger partial charge on any atom is 0.416 e. The molecule has 1 saturated heterocycles. The van der Waals surface area contributed by atoms with Gasteiger partial charge in [-0.05, 0) is 60.8 Å². The van der Waals surface area contributed by atoms with E-state index in [1.165, 1.54) is 13.1 Å². The van der Waals surface area contributed by atoms with Crippen molar-refractivity contribution in [2.75, 3.05) is 13.6 Å². The number of ether oxygens (including phenoxy) is 1. The molecule has 3 rings (SSSR count). The lowest BCUT2D eigenvalue weighted by Gasteiger charge is -2.26. The van der Waals surface area contributed by atoms with Crippen molar-refractivity contribution in [3.8, 4) is 5.75 Å². The molecule has 27 heavy (non-hydrogen) atoms. The second-order valence-electron chi connectivity index (χ2n) is 6.41. The van der Waals surface area contributed by atoms with Crippen LogP contribution in [0.2, 0.25) is 0 Å². The molecular formula is C19H20F3N3O2. The lowest BCUT2D eigenvalue weighted by molar-refractivity contribution is -0.137. The number of hydrogen-bond donors (Lipinski definition) is 1. The zero-order valence-electron chi connectivity index (χ0n) is 14.8. The molecule has 1 fully saturated rings. The molecule has 0 bridgehead atoms. The second-order valence-corrected chi connectivity index (χ2v) is 6.41. The number of carbonyl (C=O) groups excluding carboxylic acids is 1. The fourth-order valence-electron chi connectivity index (χ4n) is 3.31. The minimum absolute atomic E-state index is 0.116. The Kier molecular flexibility index (Phi) is 5.65. The Morgan fingerprint density at radius 3 is 2.70 bits per heavy atom. The highest BCUT2D eigenvalue weighted by Gasteiger charge is 2.34. The van der Waals surface area contributed by atoms with E-state index in [1.807, 2.05) is 12.1 Å². The van der Waals surface area contributed by atoms with Gasteiger partial charge in [-0.2, -0.15) is 13.2 Å². The van der Waals surface area contributed by atoms with Crippen LogP contribution < -0.4 is 10.1 Å². The summed E-state index contributed by atoms with van der Waals surface area (Å²) in [5, 5.41) is 2.24. The van der Waals surface area contributed by atoms with Gasteiger partial charge in [0.2, 0.25) is 0 Å². The number of likely N-dealkylation sites (tertiary alicyclic amines) is 1. The predicted molar refractivity (Wildman–Crippen MR) is 93.1 cm³/mol. The molecule has 0 spiro atoms. The van der Waals surface area contributed by atoms with E-state index in [0.29, 0.717) is 12.1 Å². The van der Waals surface area contributed by atoms with Crippen LogP contribution in [0.5, 0.6) is 5.75 Å². The Balaban J connectivity index is 1.91. The van der Waals surface area contributed by atoms with Gasteiger partial charge in [0.1, 0.15) is 5.75 Å². The number of carbonyl (C=O) groups is 1. The van der Waals surface area contributed by atoms with Crippen molar-refractivity contribution >= 4 is 6.09 Å². The third kappa shape index (κ3) is 4.77. The summed E-state index contributed by atoms with van der Waals surface area (Å²) in [4.78, 5) is 17.6. The summed E-state index contributed by atoms with van der Waals surface area (Å²) in [5.41, 5.74) is 0.718. The Bertz CT molecular complexity index is 797. The number of rotatable bonds is 4. The molecule has 0 saturated carbocycles. The van der Waals surface area contributed by atoms with Gasteiger partial charge in [0, 0.05) is 32.0 Å². The summed E-state index contributed by atoms with van der Waals surface area (Å²) in [6, 6.07) is 7.11. The molecule has 144 valence electrons. The fraction of sp³-hybridized carbons (Fsp3) is 0.368. The first-order chi connectivity index (χ1) is 12.9. The van der Waals surface area contributed by atoms with Gasteiger partial charge in [0.25, 0.3) is 0 Å². The molecule has 1 aliphatic heterocycles. The van der Waals surface area contributed by atoms with E-state index >= 15 is 0 Å². The van der Waals surface area contributed by atoms with Crippen molar-refractivity contribution in [2.24, 2.45) is 0 Å². The van der Waals surface area contributed by atoms with Crippen molar-refractivity contribution in [3.05, 3.63) is 59.4 Å². The molecule has 1 aliphatic rings. The third-order valence-corrected chi connectivity index (χ3v) is 4.55. The van der Waals surface area contributed by atoms with Crippen LogP contribution in [0.15, 0.2) is 42.7 Å². The Hall–Kier alpha value is -2.61. The highest BCUT2D eigenvalue weighted by Crippen LogP contribution is 2.39. The van der Waals surface area contributed by atoms with E-state index in [1.54, 1.807) is 12.4 Å². The lowest BCUT2D eigenvalue weighted by atomic mass is 10.0. The van der Waals surface area contributed by atoms with Gasteiger partial charge >= 0.3 is 12.3 Å². The quantitative estimate of drug-likeness (QED) is 0.867. The van der Waals surface area contributed by atoms with Crippen LogP contribution in [0.1, 0.15) is 35.6 Å². The second kappa shape index (κ2) is 7.96. The van der Waals surface area contributed by atoms with Crippen molar-refractivity contribution < 1.29 is 22.7 Å². The topological polar surface area (TPSA) is 54.5 Å². The monoisotopic (exact) mass is 379 g/mol. The fourth-order valence-corrected chi connectivity index (χ4v) is 3.31. The number of halogens is 3. The molecule has 1 aromatic heterocycles. The summed E-state index contributed by atoms with van der Waals surface area (Å²) in [6.45, 7) is 1.41. The van der Waals surface area contributed by atoms with E-state index in [9.17, 15) is 18.0 Å². The van der Waals surface area contributed by atoms with E-state index in [-0.39, 0.29) is 11.8 Å². The van der Waals surface area contributed by atoms with Gasteiger partial charge in [0.15, 0.2) is 0 Å². The molecule has 5 nitrogen and oxygen atoms in total. The molecule has 2 aromatic rings. The summed E-state index contributed by atoms with van der Waals surface area (Å²) in [7, 11) is 1.35. The highest BCUT2D eigenvalue weighted by atomic mass is 19.4. The standard InChI is InChI=1S/C19H20F3N3O2/c1-23-18(26)27-16-10-14(9-15(11-16)19(20,21)22)17-3-2-8-25(17)12-13-4-6-24-7-5-13/h4-7,9-11,17H,2-3,8,12H2,1H3,(H,23,26). The lowest BCUT2D eigenvalue weighted by Crippen LogP contribution is -2.24. The molecule has 1 aromatic carbocycles. The Morgan fingerprint density at radius 1 is 1.30 bits per heavy atom.